The van der Waals surface area contributed by atoms with E-state index in [1.54, 1.807) is 18.2 Å². The van der Waals surface area contributed by atoms with Gasteiger partial charge in [-0.15, -0.1) is 12.4 Å². The zero-order chi connectivity index (χ0) is 20.9. The van der Waals surface area contributed by atoms with Gasteiger partial charge in [-0.2, -0.15) is 0 Å². The summed E-state index contributed by atoms with van der Waals surface area (Å²) in [7, 11) is 1.89. The highest BCUT2D eigenvalue weighted by Gasteiger charge is 2.36. The van der Waals surface area contributed by atoms with Crippen molar-refractivity contribution in [1.29, 1.82) is 0 Å². The van der Waals surface area contributed by atoms with E-state index in [0.29, 0.717) is 27.0 Å². The number of benzene rings is 2. The van der Waals surface area contributed by atoms with Crippen LogP contribution < -0.4 is 5.43 Å². The highest BCUT2D eigenvalue weighted by molar-refractivity contribution is 9.10. The normalized spacial score (nSPS) is 19.2. The van der Waals surface area contributed by atoms with Gasteiger partial charge in [0.25, 0.3) is 0 Å². The van der Waals surface area contributed by atoms with Gasteiger partial charge in [-0.05, 0) is 48.1 Å². The third-order valence-electron chi connectivity index (χ3n) is 5.60. The van der Waals surface area contributed by atoms with E-state index in [4.69, 9.17) is 16.0 Å². The third-order valence-corrected chi connectivity index (χ3v) is 6.89. The molecule has 0 amide bonds. The van der Waals surface area contributed by atoms with Crippen molar-refractivity contribution in [3.63, 3.8) is 0 Å². The molecule has 160 valence electrons. The molecule has 6 nitrogen and oxygen atoms in total. The van der Waals surface area contributed by atoms with Crippen molar-refractivity contribution in [3.8, 4) is 22.8 Å². The molecule has 30 heavy (non-hydrogen) atoms. The zero-order valence-electron chi connectivity index (χ0n) is 15.9. The number of nitrogens with zero attached hydrogens (tertiary/aromatic N) is 1. The number of aromatic hydroxyl groups is 2. The monoisotopic (exact) mass is 515 g/mol. The van der Waals surface area contributed by atoms with Gasteiger partial charge in [0.15, 0.2) is 5.43 Å². The zero-order valence-corrected chi connectivity index (χ0v) is 19.1. The molecule has 0 spiro atoms. The quantitative estimate of drug-likeness (QED) is 0.475. The Labute approximate surface area is 192 Å². The van der Waals surface area contributed by atoms with Crippen molar-refractivity contribution in [2.24, 2.45) is 0 Å². The lowest BCUT2D eigenvalue weighted by Gasteiger charge is -2.24. The summed E-state index contributed by atoms with van der Waals surface area (Å²) in [6.07, 6.45) is 0.667. The molecule has 0 aliphatic carbocycles. The molecule has 9 heteroatoms. The Morgan fingerprint density at radius 2 is 2.00 bits per heavy atom. The standard InChI is InChI=1S/C21H19BrClNO5.ClH/c1-24-6-5-10(13(24)9-25)18-14(26)7-15(27)19-16(28)8-17(29-21(18)19)11-3-2-4-12(22)20(11)23;/h2-4,7-8,10,13,25-27H,5-6,9H2,1H3;1H/t10-,13+;/m0./s1. The van der Waals surface area contributed by atoms with Crippen molar-refractivity contribution < 1.29 is 19.7 Å². The second kappa shape index (κ2) is 8.77. The maximum absolute atomic E-state index is 12.9. The number of hydrogen-bond donors (Lipinski definition) is 3. The lowest BCUT2D eigenvalue weighted by Crippen LogP contribution is -2.32. The molecule has 2 aromatic carbocycles. The Morgan fingerprint density at radius 3 is 2.70 bits per heavy atom. The van der Waals surface area contributed by atoms with Gasteiger partial charge >= 0.3 is 0 Å². The minimum atomic E-state index is -0.442. The van der Waals surface area contributed by atoms with Crippen LogP contribution in [0.2, 0.25) is 5.02 Å². The van der Waals surface area contributed by atoms with Crippen LogP contribution in [0, 0.1) is 0 Å². The van der Waals surface area contributed by atoms with Gasteiger partial charge in [0.2, 0.25) is 0 Å². The molecule has 1 fully saturated rings. The number of fused-ring (bicyclic) bond motifs is 1. The largest absolute Gasteiger partial charge is 0.507 e. The summed E-state index contributed by atoms with van der Waals surface area (Å²) in [5, 5.41) is 31.2. The fourth-order valence-electron chi connectivity index (χ4n) is 4.12. The molecule has 2 atom stereocenters. The second-order valence-electron chi connectivity index (χ2n) is 7.23. The van der Waals surface area contributed by atoms with Gasteiger partial charge in [0.05, 0.1) is 11.6 Å². The van der Waals surface area contributed by atoms with Crippen LogP contribution in [0.1, 0.15) is 17.9 Å². The minimum Gasteiger partial charge on any atom is -0.507 e. The van der Waals surface area contributed by atoms with Crippen LogP contribution in [0.5, 0.6) is 11.5 Å². The van der Waals surface area contributed by atoms with E-state index in [-0.39, 0.29) is 59.2 Å². The highest BCUT2D eigenvalue weighted by Crippen LogP contribution is 2.44. The molecule has 1 aliphatic rings. The molecule has 3 N–H and O–H groups in total. The number of aliphatic hydroxyl groups excluding tert-OH is 1. The Kier molecular flexibility index (Phi) is 6.69. The molecule has 2 heterocycles. The summed E-state index contributed by atoms with van der Waals surface area (Å²) in [5.41, 5.74) is 0.588. The molecule has 1 aromatic heterocycles. The number of phenols is 2. The Balaban J connectivity index is 0.00000256. The van der Waals surface area contributed by atoms with Crippen LogP contribution in [0.25, 0.3) is 22.3 Å². The maximum atomic E-state index is 12.9. The first kappa shape index (κ1) is 22.9. The maximum Gasteiger partial charge on any atom is 0.197 e. The number of phenolic OH excluding ortho intramolecular Hbond substituents is 2. The topological polar surface area (TPSA) is 94.1 Å². The first-order chi connectivity index (χ1) is 13.8. The predicted octanol–water partition coefficient (Wildman–Crippen LogP) is 4.49. The molecule has 0 bridgehead atoms. The predicted molar refractivity (Wildman–Crippen MR) is 122 cm³/mol. The summed E-state index contributed by atoms with van der Waals surface area (Å²) in [6.45, 7) is 0.615. The van der Waals surface area contributed by atoms with Crippen LogP contribution in [0.4, 0.5) is 0 Å². The van der Waals surface area contributed by atoms with E-state index in [1.807, 2.05) is 11.9 Å². The van der Waals surface area contributed by atoms with Crippen LogP contribution in [0.3, 0.4) is 0 Å². The number of halogens is 3. The Morgan fingerprint density at radius 1 is 1.27 bits per heavy atom. The molecule has 3 aromatic rings. The van der Waals surface area contributed by atoms with Gasteiger partial charge in [-0.25, -0.2) is 0 Å². The van der Waals surface area contributed by atoms with E-state index in [1.165, 1.54) is 6.07 Å². The summed E-state index contributed by atoms with van der Waals surface area (Å²) >= 11 is 9.74. The van der Waals surface area contributed by atoms with Crippen molar-refractivity contribution in [2.75, 3.05) is 20.2 Å². The summed E-state index contributed by atoms with van der Waals surface area (Å²) in [6, 6.07) is 7.46. The van der Waals surface area contributed by atoms with Crippen LogP contribution in [0.15, 0.2) is 44.0 Å². The minimum absolute atomic E-state index is 0. The Hall–Kier alpha value is -1.77. The summed E-state index contributed by atoms with van der Waals surface area (Å²) in [5.74, 6) is -0.556. The third kappa shape index (κ3) is 3.69. The van der Waals surface area contributed by atoms with Crippen LogP contribution >= 0.6 is 39.9 Å². The Bertz CT molecular complexity index is 1170. The van der Waals surface area contributed by atoms with Crippen LogP contribution in [-0.2, 0) is 0 Å². The van der Waals surface area contributed by atoms with Crippen molar-refractivity contribution in [2.45, 2.75) is 18.4 Å². The first-order valence-electron chi connectivity index (χ1n) is 9.11. The lowest BCUT2D eigenvalue weighted by molar-refractivity contribution is 0.172. The van der Waals surface area contributed by atoms with Gasteiger partial charge in [-0.3, -0.25) is 4.79 Å². The first-order valence-corrected chi connectivity index (χ1v) is 10.3. The molecular weight excluding hydrogens is 497 g/mol. The highest BCUT2D eigenvalue weighted by atomic mass is 79.9. The van der Waals surface area contributed by atoms with E-state index in [2.05, 4.69) is 15.9 Å². The average Bonchev–Trinajstić information content (AvgIpc) is 3.03. The van der Waals surface area contributed by atoms with Gasteiger partial charge in [0.1, 0.15) is 28.2 Å². The van der Waals surface area contributed by atoms with Crippen molar-refractivity contribution in [1.82, 2.24) is 4.90 Å². The second-order valence-corrected chi connectivity index (χ2v) is 8.47. The van der Waals surface area contributed by atoms with Gasteiger partial charge in [0, 0.05) is 39.7 Å². The molecule has 0 saturated carbocycles. The van der Waals surface area contributed by atoms with Gasteiger partial charge < -0.3 is 24.6 Å². The summed E-state index contributed by atoms with van der Waals surface area (Å²) in [4.78, 5) is 14.9. The molecule has 4 rings (SSSR count). The lowest BCUT2D eigenvalue weighted by atomic mass is 9.89. The smallest absolute Gasteiger partial charge is 0.197 e. The van der Waals surface area contributed by atoms with E-state index in [0.717, 1.165) is 12.6 Å². The number of rotatable bonds is 3. The van der Waals surface area contributed by atoms with E-state index >= 15 is 0 Å². The van der Waals surface area contributed by atoms with E-state index < -0.39 is 5.43 Å². The summed E-state index contributed by atoms with van der Waals surface area (Å²) < 4.78 is 6.72. The number of hydrogen-bond acceptors (Lipinski definition) is 6. The fourth-order valence-corrected chi connectivity index (χ4v) is 4.70. The molecule has 0 unspecified atom stereocenters. The molecule has 0 radical (unpaired) electrons. The van der Waals surface area contributed by atoms with Crippen molar-refractivity contribution >= 4 is 50.9 Å². The van der Waals surface area contributed by atoms with Crippen molar-refractivity contribution in [3.05, 3.63) is 55.6 Å². The molecule has 1 saturated heterocycles. The number of aliphatic hydroxyl groups is 1. The van der Waals surface area contributed by atoms with E-state index in [9.17, 15) is 20.1 Å². The average molecular weight is 517 g/mol. The fraction of sp³-hybridized carbons (Fsp3) is 0.286. The number of likely N-dealkylation sites (tertiary alicyclic amines) is 1. The van der Waals surface area contributed by atoms with Gasteiger partial charge in [-0.1, -0.05) is 17.7 Å². The van der Waals surface area contributed by atoms with Crippen LogP contribution in [-0.4, -0.2) is 46.5 Å². The number of likely N-dealkylation sites (N-methyl/N-ethyl adjacent to an activating group) is 1. The molecule has 1 aliphatic heterocycles. The molecular formula is C21H20BrCl2NO5. The SMILES string of the molecule is CN1CC[C@H](c2c(O)cc(O)c3c(=O)cc(-c4cccc(Br)c4Cl)oc23)[C@H]1CO.Cl.